The second-order valence-corrected chi connectivity index (χ2v) is 6.26. The fraction of sp³-hybridized carbons (Fsp3) is 0.421. The number of nitrogens with zero attached hydrogens (tertiary/aromatic N) is 1. The molecule has 0 atom stereocenters. The van der Waals surface area contributed by atoms with Crippen molar-refractivity contribution in [2.45, 2.75) is 44.3 Å². The highest BCUT2D eigenvalue weighted by atomic mass is 16.5. The predicted octanol–water partition coefficient (Wildman–Crippen LogP) is 3.12. The zero-order valence-electron chi connectivity index (χ0n) is 13.7. The van der Waals surface area contributed by atoms with E-state index in [9.17, 15) is 0 Å². The van der Waals surface area contributed by atoms with Gasteiger partial charge in [0.1, 0.15) is 5.75 Å². The smallest absolute Gasteiger partial charge is 0.123 e. The predicted molar refractivity (Wildman–Crippen MR) is 93.3 cm³/mol. The number of ether oxygens (including phenoxy) is 1. The number of methoxy groups -OCH3 is 1. The molecule has 1 aliphatic carbocycles. The summed E-state index contributed by atoms with van der Waals surface area (Å²) >= 11 is 0. The Hall–Kier alpha value is -1.91. The van der Waals surface area contributed by atoms with Crippen LogP contribution < -0.4 is 15.8 Å². The minimum Gasteiger partial charge on any atom is -0.496 e. The monoisotopic (exact) mass is 311 g/mol. The summed E-state index contributed by atoms with van der Waals surface area (Å²) in [6, 6.07) is 11.3. The first kappa shape index (κ1) is 16.0. The van der Waals surface area contributed by atoms with Crippen LogP contribution in [0.4, 0.5) is 0 Å². The lowest BCUT2D eigenvalue weighted by Gasteiger charge is -2.27. The normalized spacial score (nSPS) is 21.1. The van der Waals surface area contributed by atoms with E-state index in [1.54, 1.807) is 7.11 Å². The molecule has 3 N–H and O–H groups in total. The maximum absolute atomic E-state index is 5.98. The summed E-state index contributed by atoms with van der Waals surface area (Å²) in [7, 11) is 1.73. The van der Waals surface area contributed by atoms with E-state index < -0.39 is 0 Å². The molecular weight excluding hydrogens is 286 g/mol. The Labute approximate surface area is 138 Å². The lowest BCUT2D eigenvalue weighted by Crippen LogP contribution is -2.37. The summed E-state index contributed by atoms with van der Waals surface area (Å²) in [5.41, 5.74) is 9.54. The first-order valence-electron chi connectivity index (χ1n) is 8.32. The van der Waals surface area contributed by atoms with E-state index in [0.29, 0.717) is 12.1 Å². The van der Waals surface area contributed by atoms with Crippen molar-refractivity contribution in [3.63, 3.8) is 0 Å². The van der Waals surface area contributed by atoms with Crippen molar-refractivity contribution in [2.75, 3.05) is 7.11 Å². The Kier molecular flexibility index (Phi) is 5.26. The molecule has 4 nitrogen and oxygen atoms in total. The van der Waals surface area contributed by atoms with Crippen LogP contribution in [-0.4, -0.2) is 24.2 Å². The van der Waals surface area contributed by atoms with Crippen LogP contribution in [0.5, 0.6) is 5.75 Å². The van der Waals surface area contributed by atoms with Gasteiger partial charge in [-0.3, -0.25) is 4.98 Å². The molecule has 0 bridgehead atoms. The number of nitrogens with one attached hydrogen (secondary N) is 1. The maximum atomic E-state index is 5.98. The molecule has 1 aliphatic rings. The Bertz CT molecular complexity index is 622. The number of hydrogen-bond donors (Lipinski definition) is 2. The molecule has 0 radical (unpaired) electrons. The molecule has 0 aliphatic heterocycles. The van der Waals surface area contributed by atoms with Crippen molar-refractivity contribution in [1.29, 1.82) is 0 Å². The van der Waals surface area contributed by atoms with Crippen LogP contribution in [0.3, 0.4) is 0 Å². The van der Waals surface area contributed by atoms with Gasteiger partial charge in [-0.25, -0.2) is 0 Å². The first-order valence-corrected chi connectivity index (χ1v) is 8.32. The maximum Gasteiger partial charge on any atom is 0.123 e. The van der Waals surface area contributed by atoms with Crippen LogP contribution in [0.2, 0.25) is 0 Å². The molecule has 0 spiro atoms. The number of aromatic nitrogens is 1. The van der Waals surface area contributed by atoms with E-state index in [1.165, 1.54) is 16.7 Å². The van der Waals surface area contributed by atoms with Crippen molar-refractivity contribution in [2.24, 2.45) is 5.73 Å². The van der Waals surface area contributed by atoms with Crippen LogP contribution in [0.15, 0.2) is 42.7 Å². The third-order valence-electron chi connectivity index (χ3n) is 4.65. The quantitative estimate of drug-likeness (QED) is 0.890. The van der Waals surface area contributed by atoms with E-state index in [2.05, 4.69) is 22.4 Å². The van der Waals surface area contributed by atoms with Crippen LogP contribution in [0.25, 0.3) is 11.1 Å². The van der Waals surface area contributed by atoms with E-state index in [-0.39, 0.29) is 0 Å². The molecule has 1 fully saturated rings. The summed E-state index contributed by atoms with van der Waals surface area (Å²) in [4.78, 5) is 4.08. The van der Waals surface area contributed by atoms with Gasteiger partial charge in [0.15, 0.2) is 0 Å². The van der Waals surface area contributed by atoms with E-state index in [1.807, 2.05) is 30.6 Å². The lowest BCUT2D eigenvalue weighted by molar-refractivity contribution is 0.338. The van der Waals surface area contributed by atoms with Gasteiger partial charge in [0.25, 0.3) is 0 Å². The number of hydrogen-bond acceptors (Lipinski definition) is 4. The van der Waals surface area contributed by atoms with Crippen LogP contribution >= 0.6 is 0 Å². The molecule has 1 aromatic carbocycles. The zero-order chi connectivity index (χ0) is 16.1. The molecule has 0 unspecified atom stereocenters. The molecular formula is C19H25N3O. The van der Waals surface area contributed by atoms with Gasteiger partial charge in [-0.15, -0.1) is 0 Å². The third kappa shape index (κ3) is 4.09. The average Bonchev–Trinajstić information content (AvgIpc) is 2.62. The van der Waals surface area contributed by atoms with Crippen molar-refractivity contribution in [3.8, 4) is 16.9 Å². The van der Waals surface area contributed by atoms with Gasteiger partial charge in [0, 0.05) is 36.6 Å². The van der Waals surface area contributed by atoms with Crippen molar-refractivity contribution in [3.05, 3.63) is 48.3 Å². The highest BCUT2D eigenvalue weighted by molar-refractivity contribution is 5.65. The Morgan fingerprint density at radius 2 is 1.83 bits per heavy atom. The van der Waals surface area contributed by atoms with Gasteiger partial charge >= 0.3 is 0 Å². The van der Waals surface area contributed by atoms with Gasteiger partial charge in [-0.1, -0.05) is 6.07 Å². The molecule has 3 rings (SSSR count). The molecule has 1 aromatic heterocycles. The van der Waals surface area contributed by atoms with E-state index in [0.717, 1.165) is 38.0 Å². The van der Waals surface area contributed by atoms with Gasteiger partial charge in [-0.05, 0) is 61.1 Å². The summed E-state index contributed by atoms with van der Waals surface area (Å²) in [6.45, 7) is 0.821. The number of rotatable bonds is 5. The summed E-state index contributed by atoms with van der Waals surface area (Å²) < 4.78 is 5.52. The number of nitrogens with two attached hydrogens (primary N) is 1. The molecule has 122 valence electrons. The second kappa shape index (κ2) is 7.57. The zero-order valence-corrected chi connectivity index (χ0v) is 13.7. The van der Waals surface area contributed by atoms with Crippen molar-refractivity contribution >= 4 is 0 Å². The highest BCUT2D eigenvalue weighted by Gasteiger charge is 2.18. The summed E-state index contributed by atoms with van der Waals surface area (Å²) in [5.74, 6) is 0.933. The fourth-order valence-corrected chi connectivity index (χ4v) is 3.22. The topological polar surface area (TPSA) is 60.2 Å². The Balaban J connectivity index is 1.72. The first-order chi connectivity index (χ1) is 11.3. The van der Waals surface area contributed by atoms with Crippen LogP contribution in [0, 0.1) is 0 Å². The van der Waals surface area contributed by atoms with Gasteiger partial charge in [-0.2, -0.15) is 0 Å². The number of pyridine rings is 1. The average molecular weight is 311 g/mol. The molecule has 0 amide bonds. The van der Waals surface area contributed by atoms with Gasteiger partial charge in [0.05, 0.1) is 7.11 Å². The molecule has 0 saturated heterocycles. The molecule has 2 aromatic rings. The van der Waals surface area contributed by atoms with Crippen molar-refractivity contribution < 1.29 is 4.74 Å². The van der Waals surface area contributed by atoms with Gasteiger partial charge < -0.3 is 15.8 Å². The highest BCUT2D eigenvalue weighted by Crippen LogP contribution is 2.27. The van der Waals surface area contributed by atoms with Crippen LogP contribution in [-0.2, 0) is 6.54 Å². The SMILES string of the molecule is COc1ccc(-c2ccncc2)cc1CNC1CCC(N)CC1. The van der Waals surface area contributed by atoms with Crippen molar-refractivity contribution in [1.82, 2.24) is 10.3 Å². The third-order valence-corrected chi connectivity index (χ3v) is 4.65. The molecule has 4 heteroatoms. The molecule has 1 heterocycles. The Morgan fingerprint density at radius 1 is 1.09 bits per heavy atom. The van der Waals surface area contributed by atoms with E-state index in [4.69, 9.17) is 10.5 Å². The van der Waals surface area contributed by atoms with E-state index >= 15 is 0 Å². The Morgan fingerprint density at radius 3 is 2.52 bits per heavy atom. The summed E-state index contributed by atoms with van der Waals surface area (Å²) in [5, 5.41) is 3.66. The number of benzene rings is 1. The van der Waals surface area contributed by atoms with Crippen LogP contribution in [0.1, 0.15) is 31.2 Å². The molecule has 23 heavy (non-hydrogen) atoms. The largest absolute Gasteiger partial charge is 0.496 e. The standard InChI is InChI=1S/C19H25N3O/c1-23-19-7-2-15(14-8-10-21-11-9-14)12-16(19)13-22-18-5-3-17(20)4-6-18/h2,7-12,17-18,22H,3-6,13,20H2,1H3. The second-order valence-electron chi connectivity index (χ2n) is 6.26. The lowest BCUT2D eigenvalue weighted by atomic mass is 9.91. The minimum absolute atomic E-state index is 0.387. The summed E-state index contributed by atoms with van der Waals surface area (Å²) in [6.07, 6.45) is 8.20. The molecule has 1 saturated carbocycles. The minimum atomic E-state index is 0.387. The van der Waals surface area contributed by atoms with Gasteiger partial charge in [0.2, 0.25) is 0 Å². The fourth-order valence-electron chi connectivity index (χ4n) is 3.22.